The van der Waals surface area contributed by atoms with Gasteiger partial charge in [0, 0.05) is 12.3 Å². The van der Waals surface area contributed by atoms with Crippen molar-refractivity contribution in [2.75, 3.05) is 27.3 Å². The van der Waals surface area contributed by atoms with Gasteiger partial charge >= 0.3 is 0 Å². The lowest BCUT2D eigenvalue weighted by Crippen LogP contribution is -2.28. The topological polar surface area (TPSA) is 34.1 Å². The summed E-state index contributed by atoms with van der Waals surface area (Å²) in [7, 11) is 3.36. The van der Waals surface area contributed by atoms with Crippen molar-refractivity contribution in [2.24, 2.45) is 4.99 Å². The summed E-state index contributed by atoms with van der Waals surface area (Å²) < 4.78 is 10.9. The monoisotopic (exact) mass is 276 g/mol. The lowest BCUT2D eigenvalue weighted by molar-refractivity contribution is 0.275. The molecule has 0 bridgehead atoms. The van der Waals surface area contributed by atoms with Crippen LogP contribution in [0.2, 0.25) is 0 Å². The molecule has 1 aliphatic rings. The molecular weight excluding hydrogens is 252 g/mol. The first kappa shape index (κ1) is 14.9. The molecule has 0 amide bonds. The van der Waals surface area contributed by atoms with Gasteiger partial charge in [-0.05, 0) is 38.4 Å². The Morgan fingerprint density at radius 1 is 1.30 bits per heavy atom. The summed E-state index contributed by atoms with van der Waals surface area (Å²) >= 11 is 0. The van der Waals surface area contributed by atoms with Crippen LogP contribution < -0.4 is 9.47 Å². The van der Waals surface area contributed by atoms with E-state index in [1.54, 1.807) is 14.2 Å². The zero-order chi connectivity index (χ0) is 14.5. The van der Waals surface area contributed by atoms with Gasteiger partial charge in [0.1, 0.15) is 17.7 Å². The molecule has 1 aromatic carbocycles. The predicted octanol–water partition coefficient (Wildman–Crippen LogP) is 2.95. The van der Waals surface area contributed by atoms with Gasteiger partial charge in [-0.25, -0.2) is 0 Å². The third-order valence-corrected chi connectivity index (χ3v) is 3.87. The van der Waals surface area contributed by atoms with Crippen LogP contribution in [0, 0.1) is 0 Å². The first-order chi connectivity index (χ1) is 9.71. The minimum absolute atomic E-state index is 0.287. The van der Waals surface area contributed by atoms with Gasteiger partial charge in [-0.15, -0.1) is 0 Å². The maximum atomic E-state index is 5.45. The molecule has 0 radical (unpaired) electrons. The fourth-order valence-corrected chi connectivity index (χ4v) is 2.82. The van der Waals surface area contributed by atoms with Crippen LogP contribution in [0.3, 0.4) is 0 Å². The summed E-state index contributed by atoms with van der Waals surface area (Å²) in [6.45, 7) is 6.41. The summed E-state index contributed by atoms with van der Waals surface area (Å²) in [6, 6.07) is 5.83. The van der Waals surface area contributed by atoms with Crippen LogP contribution in [0.5, 0.6) is 11.5 Å². The molecule has 0 spiro atoms. The third kappa shape index (κ3) is 2.96. The minimum atomic E-state index is 0.287. The Hall–Kier alpha value is -1.55. The van der Waals surface area contributed by atoms with E-state index in [2.05, 4.69) is 11.8 Å². The second-order valence-corrected chi connectivity index (χ2v) is 5.00. The normalized spacial score (nSPS) is 20.2. The number of hydrogen-bond donors (Lipinski definition) is 0. The van der Waals surface area contributed by atoms with Gasteiger partial charge in [-0.1, -0.05) is 13.0 Å². The highest BCUT2D eigenvalue weighted by atomic mass is 16.5. The number of hydrogen-bond acceptors (Lipinski definition) is 4. The van der Waals surface area contributed by atoms with Gasteiger partial charge in [-0.2, -0.15) is 0 Å². The molecule has 1 atom stereocenters. The van der Waals surface area contributed by atoms with Gasteiger partial charge < -0.3 is 9.47 Å². The summed E-state index contributed by atoms with van der Waals surface area (Å²) in [5, 5.41) is 0. The van der Waals surface area contributed by atoms with Crippen molar-refractivity contribution < 1.29 is 9.47 Å². The van der Waals surface area contributed by atoms with Gasteiger partial charge in [0.15, 0.2) is 0 Å². The van der Waals surface area contributed by atoms with Crippen LogP contribution in [0.25, 0.3) is 0 Å². The molecule has 1 fully saturated rings. The van der Waals surface area contributed by atoms with Crippen molar-refractivity contribution in [1.82, 2.24) is 4.90 Å². The van der Waals surface area contributed by atoms with Crippen LogP contribution in [-0.4, -0.2) is 44.1 Å². The van der Waals surface area contributed by atoms with Crippen LogP contribution >= 0.6 is 0 Å². The molecule has 4 nitrogen and oxygen atoms in total. The summed E-state index contributed by atoms with van der Waals surface area (Å²) in [5.41, 5.74) is 1.94. The second kappa shape index (κ2) is 6.75. The largest absolute Gasteiger partial charge is 0.496 e. The van der Waals surface area contributed by atoms with E-state index >= 15 is 0 Å². The molecular formula is C16H24N2O2. The van der Waals surface area contributed by atoms with E-state index in [1.807, 2.05) is 25.1 Å². The fraction of sp³-hybridized carbons (Fsp3) is 0.562. The molecule has 1 aromatic rings. The Morgan fingerprint density at radius 3 is 2.50 bits per heavy atom. The smallest absolute Gasteiger partial charge is 0.131 e. The average molecular weight is 276 g/mol. The Balaban J connectivity index is 2.34. The van der Waals surface area contributed by atoms with E-state index in [1.165, 1.54) is 6.42 Å². The Kier molecular flexibility index (Phi) is 5.01. The minimum Gasteiger partial charge on any atom is -0.496 e. The van der Waals surface area contributed by atoms with Crippen LogP contribution in [-0.2, 0) is 0 Å². The first-order valence-corrected chi connectivity index (χ1v) is 7.21. The summed E-state index contributed by atoms with van der Waals surface area (Å²) in [5.74, 6) is 1.62. The Bertz CT molecular complexity index is 463. The van der Waals surface area contributed by atoms with Crippen molar-refractivity contribution in [3.05, 3.63) is 23.8 Å². The van der Waals surface area contributed by atoms with Gasteiger partial charge in [-0.3, -0.25) is 9.89 Å². The molecule has 1 unspecified atom stereocenters. The molecule has 4 heteroatoms. The quantitative estimate of drug-likeness (QED) is 0.775. The Labute approximate surface area is 121 Å². The Morgan fingerprint density at radius 2 is 1.95 bits per heavy atom. The predicted molar refractivity (Wildman–Crippen MR) is 82.0 cm³/mol. The molecule has 110 valence electrons. The SMILES string of the molecule is CCN1CCCC1N=C(C)c1c(OC)cccc1OC. The van der Waals surface area contributed by atoms with Crippen LogP contribution in [0.4, 0.5) is 0 Å². The van der Waals surface area contributed by atoms with Gasteiger partial charge in [0.2, 0.25) is 0 Å². The van der Waals surface area contributed by atoms with Crippen molar-refractivity contribution in [3.8, 4) is 11.5 Å². The molecule has 0 saturated carbocycles. The second-order valence-electron chi connectivity index (χ2n) is 5.00. The number of rotatable bonds is 5. The number of methoxy groups -OCH3 is 2. The van der Waals surface area contributed by atoms with Crippen molar-refractivity contribution in [1.29, 1.82) is 0 Å². The highest BCUT2D eigenvalue weighted by Crippen LogP contribution is 2.30. The number of benzene rings is 1. The number of nitrogens with zero attached hydrogens (tertiary/aromatic N) is 2. The highest BCUT2D eigenvalue weighted by Gasteiger charge is 2.23. The summed E-state index contributed by atoms with van der Waals surface area (Å²) in [6.07, 6.45) is 2.63. The third-order valence-electron chi connectivity index (χ3n) is 3.87. The standard InChI is InChI=1S/C16H24N2O2/c1-5-18-11-7-10-15(18)17-12(2)16-13(19-3)8-6-9-14(16)20-4/h6,8-9,15H,5,7,10-11H2,1-4H3. The maximum absolute atomic E-state index is 5.45. The fourth-order valence-electron chi connectivity index (χ4n) is 2.82. The number of likely N-dealkylation sites (tertiary alicyclic amines) is 1. The number of aliphatic imine (C=N–C) groups is 1. The number of ether oxygens (including phenoxy) is 2. The molecule has 1 aliphatic heterocycles. The van der Waals surface area contributed by atoms with Gasteiger partial charge in [0.05, 0.1) is 19.8 Å². The van der Waals surface area contributed by atoms with E-state index in [4.69, 9.17) is 14.5 Å². The lowest BCUT2D eigenvalue weighted by atomic mass is 10.1. The average Bonchev–Trinajstić information content (AvgIpc) is 2.93. The van der Waals surface area contributed by atoms with Crippen LogP contribution in [0.1, 0.15) is 32.3 Å². The zero-order valence-electron chi connectivity index (χ0n) is 12.8. The zero-order valence-corrected chi connectivity index (χ0v) is 12.8. The van der Waals surface area contributed by atoms with Crippen LogP contribution in [0.15, 0.2) is 23.2 Å². The molecule has 1 saturated heterocycles. The van der Waals surface area contributed by atoms with E-state index in [0.717, 1.165) is 42.3 Å². The molecule has 0 aromatic heterocycles. The van der Waals surface area contributed by atoms with Crippen molar-refractivity contribution in [2.45, 2.75) is 32.9 Å². The maximum Gasteiger partial charge on any atom is 0.131 e. The van der Waals surface area contributed by atoms with Gasteiger partial charge in [0.25, 0.3) is 0 Å². The molecule has 0 aliphatic carbocycles. The summed E-state index contributed by atoms with van der Waals surface area (Å²) in [4.78, 5) is 7.31. The molecule has 20 heavy (non-hydrogen) atoms. The van der Waals surface area contributed by atoms with Crippen molar-refractivity contribution in [3.63, 3.8) is 0 Å². The molecule has 1 heterocycles. The lowest BCUT2D eigenvalue weighted by Gasteiger charge is -2.20. The highest BCUT2D eigenvalue weighted by molar-refractivity contribution is 6.03. The first-order valence-electron chi connectivity index (χ1n) is 7.21. The van der Waals surface area contributed by atoms with E-state index in [0.29, 0.717) is 0 Å². The van der Waals surface area contributed by atoms with E-state index < -0.39 is 0 Å². The molecule has 0 N–H and O–H groups in total. The van der Waals surface area contributed by atoms with E-state index in [-0.39, 0.29) is 6.17 Å². The van der Waals surface area contributed by atoms with E-state index in [9.17, 15) is 0 Å². The van der Waals surface area contributed by atoms with Crippen molar-refractivity contribution >= 4 is 5.71 Å². The molecule has 2 rings (SSSR count).